The predicted molar refractivity (Wildman–Crippen MR) is 116 cm³/mol. The van der Waals surface area contributed by atoms with Gasteiger partial charge in [0, 0.05) is 0 Å². The number of aromatic nitrogens is 2. The van der Waals surface area contributed by atoms with E-state index in [1.807, 2.05) is 36.4 Å². The van der Waals surface area contributed by atoms with Gasteiger partial charge in [-0.15, -0.1) is 0 Å². The molecule has 0 atom stereocenters. The first-order valence-electron chi connectivity index (χ1n) is 9.91. The Balaban J connectivity index is 0.00000289. The number of hydrogen-bond acceptors (Lipinski definition) is 4. The zero-order valence-corrected chi connectivity index (χ0v) is 19.4. The fourth-order valence-corrected chi connectivity index (χ4v) is 3.62. The van der Waals surface area contributed by atoms with E-state index in [0.29, 0.717) is 24.2 Å². The van der Waals surface area contributed by atoms with Crippen LogP contribution in [0.4, 0.5) is 0 Å². The Kier molecular flexibility index (Phi) is 7.43. The van der Waals surface area contributed by atoms with E-state index >= 15 is 0 Å². The summed E-state index contributed by atoms with van der Waals surface area (Å²) < 4.78 is 13.9. The van der Waals surface area contributed by atoms with Gasteiger partial charge in [0.1, 0.15) is 13.1 Å². The van der Waals surface area contributed by atoms with Crippen molar-refractivity contribution in [2.45, 2.75) is 13.1 Å². The van der Waals surface area contributed by atoms with Crippen LogP contribution in [-0.4, -0.2) is 30.7 Å². The second-order valence-corrected chi connectivity index (χ2v) is 7.24. The van der Waals surface area contributed by atoms with Crippen molar-refractivity contribution in [1.82, 2.24) is 4.57 Å². The number of rotatable bonds is 6. The summed E-state index contributed by atoms with van der Waals surface area (Å²) in [5, 5.41) is 0. The number of benzene rings is 3. The number of methoxy groups -OCH3 is 2. The highest BCUT2D eigenvalue weighted by atomic mass is 79.9. The van der Waals surface area contributed by atoms with Crippen LogP contribution in [-0.2, 0) is 22.6 Å². The van der Waals surface area contributed by atoms with Gasteiger partial charge in [0.2, 0.25) is 6.33 Å². The van der Waals surface area contributed by atoms with Gasteiger partial charge in [-0.05, 0) is 47.5 Å². The van der Waals surface area contributed by atoms with Crippen LogP contribution in [0.3, 0.4) is 0 Å². The molecule has 0 bridgehead atoms. The van der Waals surface area contributed by atoms with Gasteiger partial charge in [0.05, 0.1) is 25.3 Å². The first-order chi connectivity index (χ1) is 15.1. The predicted octanol–water partition coefficient (Wildman–Crippen LogP) is 0.603. The van der Waals surface area contributed by atoms with Gasteiger partial charge in [-0.2, -0.15) is 0 Å². The van der Waals surface area contributed by atoms with E-state index in [-0.39, 0.29) is 28.9 Å². The highest BCUT2D eigenvalue weighted by Crippen LogP contribution is 2.15. The second kappa shape index (κ2) is 10.2. The molecule has 4 rings (SSSR count). The van der Waals surface area contributed by atoms with Crippen molar-refractivity contribution in [3.63, 3.8) is 0 Å². The van der Waals surface area contributed by atoms with Gasteiger partial charge in [0.15, 0.2) is 11.0 Å². The summed E-state index contributed by atoms with van der Waals surface area (Å²) in [5.41, 5.74) is 5.48. The maximum atomic E-state index is 11.7. The molecule has 0 amide bonds. The molecule has 4 aromatic rings. The van der Waals surface area contributed by atoms with Crippen molar-refractivity contribution in [1.29, 1.82) is 0 Å². The fourth-order valence-electron chi connectivity index (χ4n) is 3.62. The van der Waals surface area contributed by atoms with Crippen molar-refractivity contribution in [3.05, 3.63) is 101 Å². The molecule has 0 saturated carbocycles. The molecule has 0 N–H and O–H groups in total. The molecule has 0 unspecified atom stereocenters. The summed E-state index contributed by atoms with van der Waals surface area (Å²) in [7, 11) is 2.76. The summed E-state index contributed by atoms with van der Waals surface area (Å²) in [5.74, 6) is -0.678. The molecule has 1 aromatic heterocycles. The van der Waals surface area contributed by atoms with Crippen LogP contribution in [0.15, 0.2) is 79.1 Å². The lowest BCUT2D eigenvalue weighted by Crippen LogP contribution is -3.00. The Morgan fingerprint density at radius 1 is 0.781 bits per heavy atom. The molecular weight excluding hydrogens is 472 g/mol. The van der Waals surface area contributed by atoms with Crippen LogP contribution in [0.2, 0.25) is 0 Å². The molecule has 0 radical (unpaired) electrons. The van der Waals surface area contributed by atoms with Crippen LogP contribution in [0.1, 0.15) is 31.8 Å². The van der Waals surface area contributed by atoms with E-state index in [2.05, 4.69) is 27.6 Å². The van der Waals surface area contributed by atoms with E-state index in [1.165, 1.54) is 14.2 Å². The van der Waals surface area contributed by atoms with E-state index in [9.17, 15) is 9.59 Å². The first kappa shape index (κ1) is 23.2. The zero-order valence-electron chi connectivity index (χ0n) is 17.8. The number of imidazole rings is 1. The smallest absolute Gasteiger partial charge is 0.337 e. The van der Waals surface area contributed by atoms with Gasteiger partial charge in [-0.3, -0.25) is 0 Å². The highest BCUT2D eigenvalue weighted by Gasteiger charge is 2.16. The topological polar surface area (TPSA) is 61.4 Å². The van der Waals surface area contributed by atoms with Gasteiger partial charge in [-0.25, -0.2) is 18.7 Å². The number of carbonyl (C=O) groups is 2. The fraction of sp³-hybridized carbons (Fsp3) is 0.160. The van der Waals surface area contributed by atoms with Crippen LogP contribution in [0, 0.1) is 0 Å². The van der Waals surface area contributed by atoms with Crippen molar-refractivity contribution < 1.29 is 40.6 Å². The van der Waals surface area contributed by atoms with Crippen molar-refractivity contribution >= 4 is 23.0 Å². The van der Waals surface area contributed by atoms with Crippen molar-refractivity contribution in [2.24, 2.45) is 0 Å². The molecular formula is C25H23BrN2O4. The minimum Gasteiger partial charge on any atom is -1.00 e. The normalized spacial score (nSPS) is 10.4. The highest BCUT2D eigenvalue weighted by molar-refractivity contribution is 5.89. The Morgan fingerprint density at radius 2 is 1.31 bits per heavy atom. The van der Waals surface area contributed by atoms with E-state index < -0.39 is 0 Å². The third kappa shape index (κ3) is 4.89. The average molecular weight is 495 g/mol. The van der Waals surface area contributed by atoms with Crippen LogP contribution in [0.25, 0.3) is 11.0 Å². The minimum atomic E-state index is -0.339. The van der Waals surface area contributed by atoms with Gasteiger partial charge in [-0.1, -0.05) is 36.4 Å². The molecule has 3 aromatic carbocycles. The summed E-state index contributed by atoms with van der Waals surface area (Å²) >= 11 is 0. The number of para-hydroxylation sites is 2. The Bertz CT molecular complexity index is 1140. The molecule has 164 valence electrons. The monoisotopic (exact) mass is 494 g/mol. The molecule has 0 aliphatic carbocycles. The number of hydrogen-bond donors (Lipinski definition) is 0. The molecule has 7 heteroatoms. The third-order valence-corrected chi connectivity index (χ3v) is 5.24. The summed E-state index contributed by atoms with van der Waals surface area (Å²) in [6.07, 6.45) is 2.09. The van der Waals surface area contributed by atoms with Crippen molar-refractivity contribution in [2.75, 3.05) is 14.2 Å². The first-order valence-corrected chi connectivity index (χ1v) is 9.91. The number of halogens is 1. The second-order valence-electron chi connectivity index (χ2n) is 7.24. The zero-order chi connectivity index (χ0) is 21.8. The molecule has 0 spiro atoms. The van der Waals surface area contributed by atoms with E-state index in [4.69, 9.17) is 9.47 Å². The van der Waals surface area contributed by atoms with E-state index in [0.717, 1.165) is 22.2 Å². The van der Waals surface area contributed by atoms with Crippen LogP contribution >= 0.6 is 0 Å². The minimum absolute atomic E-state index is 0. The Labute approximate surface area is 196 Å². The summed E-state index contributed by atoms with van der Waals surface area (Å²) in [6.45, 7) is 1.35. The van der Waals surface area contributed by atoms with E-state index in [1.54, 1.807) is 24.3 Å². The summed E-state index contributed by atoms with van der Waals surface area (Å²) in [4.78, 5) is 23.3. The number of esters is 2. The molecule has 1 heterocycles. The van der Waals surface area contributed by atoms with Crippen LogP contribution < -0.4 is 21.5 Å². The van der Waals surface area contributed by atoms with Gasteiger partial charge < -0.3 is 26.5 Å². The third-order valence-electron chi connectivity index (χ3n) is 5.24. The standard InChI is InChI=1S/C25H23N2O4.BrH/c1-30-24(28)20-11-7-18(8-12-20)15-26-17-27(23-6-4-3-5-22(23)26)16-19-9-13-21(14-10-19)25(29)31-2;/h3-14,17H,15-16H2,1-2H3;1H/q+1;/p-1. The number of carbonyl (C=O) groups excluding carboxylic acids is 2. The molecule has 32 heavy (non-hydrogen) atoms. The number of ether oxygens (including phenoxy) is 2. The lowest BCUT2D eigenvalue weighted by molar-refractivity contribution is -0.663. The Morgan fingerprint density at radius 3 is 1.88 bits per heavy atom. The molecule has 0 saturated heterocycles. The number of nitrogens with zero attached hydrogens (tertiary/aromatic N) is 2. The molecule has 0 aliphatic heterocycles. The van der Waals surface area contributed by atoms with Gasteiger partial charge >= 0.3 is 11.9 Å². The lowest BCUT2D eigenvalue weighted by Gasteiger charge is -2.02. The Hall–Kier alpha value is -3.45. The summed E-state index contributed by atoms with van der Waals surface area (Å²) in [6, 6.07) is 23.1. The lowest BCUT2D eigenvalue weighted by atomic mass is 10.1. The van der Waals surface area contributed by atoms with Crippen LogP contribution in [0.5, 0.6) is 0 Å². The molecule has 0 aliphatic rings. The quantitative estimate of drug-likeness (QED) is 0.291. The SMILES string of the molecule is COC(=O)c1ccc(Cn2c[n+](Cc3ccc(C(=O)OC)cc3)c3ccccc32)cc1.[Br-]. The molecule has 6 nitrogen and oxygen atoms in total. The number of fused-ring (bicyclic) bond motifs is 1. The maximum Gasteiger partial charge on any atom is 0.337 e. The van der Waals surface area contributed by atoms with Crippen molar-refractivity contribution in [3.8, 4) is 0 Å². The maximum absolute atomic E-state index is 11.7. The molecule has 0 fully saturated rings. The average Bonchev–Trinajstić information content (AvgIpc) is 3.16. The largest absolute Gasteiger partial charge is 1.00 e. The van der Waals surface area contributed by atoms with Gasteiger partial charge in [0.25, 0.3) is 0 Å².